The highest BCUT2D eigenvalue weighted by atomic mass is 16.1. The summed E-state index contributed by atoms with van der Waals surface area (Å²) in [5.41, 5.74) is 1.86. The van der Waals surface area contributed by atoms with Crippen LogP contribution in [0.1, 0.15) is 20.3 Å². The van der Waals surface area contributed by atoms with Crippen molar-refractivity contribution < 1.29 is 4.79 Å². The van der Waals surface area contributed by atoms with Gasteiger partial charge in [-0.25, -0.2) is 0 Å². The van der Waals surface area contributed by atoms with E-state index in [1.807, 2.05) is 13.0 Å². The number of hydrogen-bond donors (Lipinski definition) is 0. The molecule has 0 unspecified atom stereocenters. The van der Waals surface area contributed by atoms with Crippen molar-refractivity contribution in [3.8, 4) is 0 Å². The molecule has 0 aromatic rings. The molecule has 0 heterocycles. The Labute approximate surface area is 56.1 Å². The summed E-state index contributed by atoms with van der Waals surface area (Å²) < 4.78 is 0. The van der Waals surface area contributed by atoms with Gasteiger partial charge in [0.2, 0.25) is 0 Å². The first-order valence-electron chi connectivity index (χ1n) is 2.93. The van der Waals surface area contributed by atoms with Crippen LogP contribution in [0.3, 0.4) is 0 Å². The molecule has 0 saturated heterocycles. The Kier molecular flexibility index (Phi) is 3.69. The molecule has 0 spiro atoms. The maximum absolute atomic E-state index is 10.0. The highest BCUT2D eigenvalue weighted by molar-refractivity contribution is 5.72. The van der Waals surface area contributed by atoms with Gasteiger partial charge >= 0.3 is 0 Å². The zero-order chi connectivity index (χ0) is 7.28. The molecule has 0 amide bonds. The van der Waals surface area contributed by atoms with Crippen molar-refractivity contribution in [1.29, 1.82) is 0 Å². The lowest BCUT2D eigenvalue weighted by Crippen LogP contribution is -1.76. The second-order valence-corrected chi connectivity index (χ2v) is 2.23. The molecule has 0 aromatic heterocycles. The van der Waals surface area contributed by atoms with E-state index in [0.717, 1.165) is 23.9 Å². The minimum Gasteiger partial charge on any atom is -0.298 e. The van der Waals surface area contributed by atoms with Crippen molar-refractivity contribution in [2.45, 2.75) is 20.3 Å². The van der Waals surface area contributed by atoms with Crippen LogP contribution in [0.2, 0.25) is 0 Å². The van der Waals surface area contributed by atoms with E-state index in [2.05, 4.69) is 6.58 Å². The lowest BCUT2D eigenvalue weighted by atomic mass is 10.2. The van der Waals surface area contributed by atoms with Gasteiger partial charge in [0.05, 0.1) is 0 Å². The molecule has 0 aromatic carbocycles. The topological polar surface area (TPSA) is 17.1 Å². The Morgan fingerprint density at radius 3 is 2.44 bits per heavy atom. The fraction of sp³-hybridized carbons (Fsp3) is 0.375. The van der Waals surface area contributed by atoms with Crippen molar-refractivity contribution in [2.75, 3.05) is 0 Å². The normalized spacial score (nSPS) is 11.1. The third kappa shape index (κ3) is 5.01. The van der Waals surface area contributed by atoms with E-state index in [0.29, 0.717) is 0 Å². The molecule has 0 aliphatic carbocycles. The van der Waals surface area contributed by atoms with Crippen LogP contribution in [0.5, 0.6) is 0 Å². The van der Waals surface area contributed by atoms with E-state index in [9.17, 15) is 4.79 Å². The van der Waals surface area contributed by atoms with Crippen molar-refractivity contribution in [1.82, 2.24) is 0 Å². The summed E-state index contributed by atoms with van der Waals surface area (Å²) in [6, 6.07) is 0. The standard InChI is InChI=1S/C8H12O/c1-7(2)4-5-8(3)6-9/h5-6H,1,4H2,2-3H3/b8-5-. The predicted octanol–water partition coefficient (Wildman–Crippen LogP) is 2.10. The molecule has 0 N–H and O–H groups in total. The highest BCUT2D eigenvalue weighted by Gasteiger charge is 1.83. The van der Waals surface area contributed by atoms with Crippen LogP contribution >= 0.6 is 0 Å². The molecule has 9 heavy (non-hydrogen) atoms. The van der Waals surface area contributed by atoms with Gasteiger partial charge in [-0.2, -0.15) is 0 Å². The number of carbonyl (C=O) groups is 1. The summed E-state index contributed by atoms with van der Waals surface area (Å²) in [6.45, 7) is 7.43. The Morgan fingerprint density at radius 2 is 2.11 bits per heavy atom. The van der Waals surface area contributed by atoms with Crippen molar-refractivity contribution >= 4 is 6.29 Å². The molecule has 0 rings (SSSR count). The van der Waals surface area contributed by atoms with Gasteiger partial charge in [-0.15, -0.1) is 0 Å². The quantitative estimate of drug-likeness (QED) is 0.320. The van der Waals surface area contributed by atoms with Gasteiger partial charge in [0.1, 0.15) is 6.29 Å². The van der Waals surface area contributed by atoms with E-state index in [1.54, 1.807) is 6.92 Å². The van der Waals surface area contributed by atoms with Crippen molar-refractivity contribution in [3.63, 3.8) is 0 Å². The summed E-state index contributed by atoms with van der Waals surface area (Å²) in [5.74, 6) is 0. The fourth-order valence-electron chi connectivity index (χ4n) is 0.383. The fourth-order valence-corrected chi connectivity index (χ4v) is 0.383. The maximum atomic E-state index is 10.0. The molecule has 0 fully saturated rings. The van der Waals surface area contributed by atoms with Gasteiger partial charge in [-0.05, 0) is 25.8 Å². The molecule has 0 bridgehead atoms. The summed E-state index contributed by atoms with van der Waals surface area (Å²) in [6.07, 6.45) is 3.53. The molecule has 1 nitrogen and oxygen atoms in total. The highest BCUT2D eigenvalue weighted by Crippen LogP contribution is 1.98. The summed E-state index contributed by atoms with van der Waals surface area (Å²) in [7, 11) is 0. The molecule has 0 atom stereocenters. The lowest BCUT2D eigenvalue weighted by Gasteiger charge is -1.89. The van der Waals surface area contributed by atoms with Crippen LogP contribution in [0, 0.1) is 0 Å². The maximum Gasteiger partial charge on any atom is 0.145 e. The molecule has 1 heteroatoms. The second-order valence-electron chi connectivity index (χ2n) is 2.23. The van der Waals surface area contributed by atoms with E-state index in [-0.39, 0.29) is 0 Å². The largest absolute Gasteiger partial charge is 0.298 e. The SMILES string of the molecule is C=C(C)C/C=C(/C)C=O. The van der Waals surface area contributed by atoms with Crippen LogP contribution in [-0.4, -0.2) is 6.29 Å². The number of carbonyl (C=O) groups excluding carboxylic acids is 1. The Morgan fingerprint density at radius 1 is 1.56 bits per heavy atom. The smallest absolute Gasteiger partial charge is 0.145 e. The van der Waals surface area contributed by atoms with Gasteiger partial charge in [0.15, 0.2) is 0 Å². The monoisotopic (exact) mass is 124 g/mol. The van der Waals surface area contributed by atoms with Gasteiger partial charge in [-0.1, -0.05) is 18.2 Å². The first kappa shape index (κ1) is 8.15. The molecule has 50 valence electrons. The average molecular weight is 124 g/mol. The second kappa shape index (κ2) is 4.07. The predicted molar refractivity (Wildman–Crippen MR) is 39.3 cm³/mol. The van der Waals surface area contributed by atoms with E-state index in [4.69, 9.17) is 0 Å². The van der Waals surface area contributed by atoms with Crippen LogP contribution in [0.25, 0.3) is 0 Å². The van der Waals surface area contributed by atoms with Gasteiger partial charge in [0.25, 0.3) is 0 Å². The Balaban J connectivity index is 3.69. The van der Waals surface area contributed by atoms with E-state index >= 15 is 0 Å². The van der Waals surface area contributed by atoms with Crippen LogP contribution in [0.15, 0.2) is 23.8 Å². The molecular weight excluding hydrogens is 112 g/mol. The van der Waals surface area contributed by atoms with Gasteiger partial charge in [0, 0.05) is 0 Å². The van der Waals surface area contributed by atoms with E-state index < -0.39 is 0 Å². The molecular formula is C8H12O. The molecule has 0 saturated carbocycles. The summed E-state index contributed by atoms with van der Waals surface area (Å²) in [4.78, 5) is 10.0. The first-order chi connectivity index (χ1) is 4.16. The summed E-state index contributed by atoms with van der Waals surface area (Å²) in [5, 5.41) is 0. The number of hydrogen-bond acceptors (Lipinski definition) is 1. The van der Waals surface area contributed by atoms with Crippen molar-refractivity contribution in [2.24, 2.45) is 0 Å². The van der Waals surface area contributed by atoms with Crippen molar-refractivity contribution in [3.05, 3.63) is 23.8 Å². The summed E-state index contributed by atoms with van der Waals surface area (Å²) >= 11 is 0. The number of aldehydes is 1. The molecule has 0 radical (unpaired) electrons. The zero-order valence-electron chi connectivity index (χ0n) is 5.98. The first-order valence-corrected chi connectivity index (χ1v) is 2.93. The van der Waals surface area contributed by atoms with Crippen LogP contribution < -0.4 is 0 Å². The zero-order valence-corrected chi connectivity index (χ0v) is 5.98. The lowest BCUT2D eigenvalue weighted by molar-refractivity contribution is -0.104. The minimum atomic E-state index is 0.776. The number of rotatable bonds is 3. The number of allylic oxidation sites excluding steroid dienone is 3. The molecule has 0 aliphatic rings. The van der Waals surface area contributed by atoms with Gasteiger partial charge in [-0.3, -0.25) is 4.79 Å². The molecule has 0 aliphatic heterocycles. The Hall–Kier alpha value is -0.850. The van der Waals surface area contributed by atoms with E-state index in [1.165, 1.54) is 0 Å². The van der Waals surface area contributed by atoms with Crippen LogP contribution in [-0.2, 0) is 4.79 Å². The third-order valence-corrected chi connectivity index (χ3v) is 0.958. The van der Waals surface area contributed by atoms with Crippen LogP contribution in [0.4, 0.5) is 0 Å². The minimum absolute atomic E-state index is 0.776. The Bertz CT molecular complexity index is 143. The average Bonchev–Trinajstić information content (AvgIpc) is 1.83. The third-order valence-electron chi connectivity index (χ3n) is 0.958. The van der Waals surface area contributed by atoms with Gasteiger partial charge < -0.3 is 0 Å².